The molecule has 0 spiro atoms. The molecule has 26 heavy (non-hydrogen) atoms. The molecule has 3 N–H and O–H groups in total. The summed E-state index contributed by atoms with van der Waals surface area (Å²) in [7, 11) is 0. The Balaban J connectivity index is 1.72. The van der Waals surface area contributed by atoms with Crippen LogP contribution in [0.5, 0.6) is 0 Å². The van der Waals surface area contributed by atoms with Crippen molar-refractivity contribution >= 4 is 28.9 Å². The summed E-state index contributed by atoms with van der Waals surface area (Å²) in [4.78, 5) is 4.47. The maximum Gasteiger partial charge on any atom is 0.130 e. The zero-order chi connectivity index (χ0) is 18.4. The third-order valence-electron chi connectivity index (χ3n) is 6.32. The van der Waals surface area contributed by atoms with Crippen LogP contribution in [-0.2, 0) is 6.54 Å². The highest BCUT2D eigenvalue weighted by atomic mass is 35.5. The second-order valence-corrected chi connectivity index (χ2v) is 8.60. The summed E-state index contributed by atoms with van der Waals surface area (Å²) in [6.45, 7) is 5.78. The Morgan fingerprint density at radius 2 is 2.00 bits per heavy atom. The summed E-state index contributed by atoms with van der Waals surface area (Å²) < 4.78 is 0. The molecule has 2 fully saturated rings. The predicted octanol–water partition coefficient (Wildman–Crippen LogP) is 2.87. The van der Waals surface area contributed by atoms with E-state index < -0.39 is 6.23 Å². The number of fused-ring (bicyclic) bond motifs is 3. The highest BCUT2D eigenvalue weighted by molar-refractivity contribution is 6.44. The minimum absolute atomic E-state index is 0.110. The number of aliphatic hydroxyl groups excluding tert-OH is 2. The molecule has 7 heteroatoms. The number of anilines is 1. The molecule has 0 aliphatic carbocycles. The van der Waals surface area contributed by atoms with Crippen LogP contribution in [0.2, 0.25) is 10.0 Å². The van der Waals surface area contributed by atoms with E-state index in [1.807, 2.05) is 11.0 Å². The molecule has 0 radical (unpaired) electrons. The van der Waals surface area contributed by atoms with Crippen LogP contribution in [0.3, 0.4) is 0 Å². The van der Waals surface area contributed by atoms with Crippen molar-refractivity contribution in [3.05, 3.63) is 27.2 Å². The van der Waals surface area contributed by atoms with E-state index in [4.69, 9.17) is 23.2 Å². The van der Waals surface area contributed by atoms with Gasteiger partial charge in [-0.05, 0) is 56.5 Å². The van der Waals surface area contributed by atoms with E-state index in [9.17, 15) is 10.2 Å². The number of halogens is 2. The van der Waals surface area contributed by atoms with Gasteiger partial charge < -0.3 is 15.5 Å². The van der Waals surface area contributed by atoms with Gasteiger partial charge in [0.25, 0.3) is 0 Å². The SMILES string of the molecule is C[C@H]1C2c3c(CN4CCCC4)cc(Cl)c(Cl)c3NC2CCN1C(O)CO. The fourth-order valence-corrected chi connectivity index (χ4v) is 5.49. The van der Waals surface area contributed by atoms with Crippen LogP contribution >= 0.6 is 23.2 Å². The van der Waals surface area contributed by atoms with Crippen LogP contribution < -0.4 is 5.32 Å². The number of aliphatic hydroxyl groups is 2. The van der Waals surface area contributed by atoms with Gasteiger partial charge in [0, 0.05) is 31.1 Å². The van der Waals surface area contributed by atoms with E-state index in [1.165, 1.54) is 24.0 Å². The van der Waals surface area contributed by atoms with Crippen molar-refractivity contribution in [3.8, 4) is 0 Å². The first kappa shape index (κ1) is 18.8. The standard InChI is InChI=1S/C19H27Cl2N3O2/c1-11-16-14(4-7-24(11)15(26)10-25)22-19-17(16)12(8-13(20)18(19)21)9-23-5-2-3-6-23/h8,11,14-16,22,25-26H,2-7,9-10H2,1H3/t11-,14?,15?,16?/m0/s1. The van der Waals surface area contributed by atoms with E-state index in [0.29, 0.717) is 10.0 Å². The predicted molar refractivity (Wildman–Crippen MR) is 105 cm³/mol. The van der Waals surface area contributed by atoms with Crippen molar-refractivity contribution in [2.75, 3.05) is 31.6 Å². The average Bonchev–Trinajstić information content (AvgIpc) is 3.27. The van der Waals surface area contributed by atoms with Gasteiger partial charge in [0.15, 0.2) is 0 Å². The van der Waals surface area contributed by atoms with Crippen molar-refractivity contribution < 1.29 is 10.2 Å². The first-order valence-electron chi connectivity index (χ1n) is 9.55. The molecule has 144 valence electrons. The highest BCUT2D eigenvalue weighted by Crippen LogP contribution is 2.50. The summed E-state index contributed by atoms with van der Waals surface area (Å²) in [6.07, 6.45) is 2.58. The number of rotatable bonds is 4. The molecule has 0 saturated carbocycles. The van der Waals surface area contributed by atoms with Crippen LogP contribution in [0, 0.1) is 0 Å². The van der Waals surface area contributed by atoms with Crippen molar-refractivity contribution in [3.63, 3.8) is 0 Å². The maximum absolute atomic E-state index is 10.2. The van der Waals surface area contributed by atoms with Crippen LogP contribution in [0.15, 0.2) is 6.07 Å². The maximum atomic E-state index is 10.2. The number of hydrogen-bond acceptors (Lipinski definition) is 5. The topological polar surface area (TPSA) is 59.0 Å². The normalized spacial score (nSPS) is 30.1. The Hall–Kier alpha value is -0.560. The summed E-state index contributed by atoms with van der Waals surface area (Å²) in [5, 5.41) is 24.4. The molecule has 1 aromatic carbocycles. The second kappa shape index (κ2) is 7.46. The fourth-order valence-electron chi connectivity index (χ4n) is 5.06. The Morgan fingerprint density at radius 1 is 1.27 bits per heavy atom. The zero-order valence-corrected chi connectivity index (χ0v) is 16.6. The smallest absolute Gasteiger partial charge is 0.130 e. The molecule has 3 unspecified atom stereocenters. The summed E-state index contributed by atoms with van der Waals surface area (Å²) >= 11 is 13.0. The van der Waals surface area contributed by atoms with E-state index in [0.717, 1.165) is 38.3 Å². The van der Waals surface area contributed by atoms with Gasteiger partial charge in [-0.25, -0.2) is 0 Å². The minimum Gasteiger partial charge on any atom is -0.392 e. The van der Waals surface area contributed by atoms with Gasteiger partial charge in [0.1, 0.15) is 6.23 Å². The lowest BCUT2D eigenvalue weighted by Gasteiger charge is -2.43. The Morgan fingerprint density at radius 3 is 2.69 bits per heavy atom. The van der Waals surface area contributed by atoms with Gasteiger partial charge in [-0.2, -0.15) is 0 Å². The lowest BCUT2D eigenvalue weighted by atomic mass is 9.81. The van der Waals surface area contributed by atoms with E-state index in [2.05, 4.69) is 17.1 Å². The Bertz CT molecular complexity index is 681. The highest BCUT2D eigenvalue weighted by Gasteiger charge is 2.45. The number of nitrogens with zero attached hydrogens (tertiary/aromatic N) is 2. The van der Waals surface area contributed by atoms with Gasteiger partial charge in [-0.3, -0.25) is 9.80 Å². The number of nitrogens with one attached hydrogen (secondary N) is 1. The Kier molecular flexibility index (Phi) is 5.39. The van der Waals surface area contributed by atoms with Crippen molar-refractivity contribution in [1.29, 1.82) is 0 Å². The van der Waals surface area contributed by atoms with Crippen molar-refractivity contribution in [2.45, 2.75) is 57.0 Å². The minimum atomic E-state index is -0.820. The molecular weight excluding hydrogens is 373 g/mol. The van der Waals surface area contributed by atoms with E-state index in [-0.39, 0.29) is 24.6 Å². The first-order chi connectivity index (χ1) is 12.5. The summed E-state index contributed by atoms with van der Waals surface area (Å²) in [6, 6.07) is 2.42. The summed E-state index contributed by atoms with van der Waals surface area (Å²) in [5.41, 5.74) is 3.46. The summed E-state index contributed by atoms with van der Waals surface area (Å²) in [5.74, 6) is 0.229. The van der Waals surface area contributed by atoms with Gasteiger partial charge >= 0.3 is 0 Å². The molecule has 1 aromatic rings. The molecule has 4 atom stereocenters. The van der Waals surface area contributed by atoms with Crippen molar-refractivity contribution in [1.82, 2.24) is 9.80 Å². The Labute approximate surface area is 164 Å². The average molecular weight is 400 g/mol. The molecule has 0 aromatic heterocycles. The van der Waals surface area contributed by atoms with Crippen LogP contribution in [0.4, 0.5) is 5.69 Å². The lowest BCUT2D eigenvalue weighted by Crippen LogP contribution is -2.53. The zero-order valence-electron chi connectivity index (χ0n) is 15.1. The molecule has 0 amide bonds. The largest absolute Gasteiger partial charge is 0.392 e. The third-order valence-corrected chi connectivity index (χ3v) is 7.11. The molecule has 0 bridgehead atoms. The first-order valence-corrected chi connectivity index (χ1v) is 10.3. The monoisotopic (exact) mass is 399 g/mol. The van der Waals surface area contributed by atoms with E-state index in [1.54, 1.807) is 0 Å². The molecular formula is C19H27Cl2N3O2. The van der Waals surface area contributed by atoms with Crippen LogP contribution in [0.1, 0.15) is 43.2 Å². The molecule has 4 rings (SSSR count). The van der Waals surface area contributed by atoms with E-state index >= 15 is 0 Å². The van der Waals surface area contributed by atoms with Crippen LogP contribution in [0.25, 0.3) is 0 Å². The van der Waals surface area contributed by atoms with Gasteiger partial charge in [-0.15, -0.1) is 0 Å². The van der Waals surface area contributed by atoms with Gasteiger partial charge in [0.05, 0.1) is 22.3 Å². The number of piperidine rings is 1. The number of benzene rings is 1. The molecule has 3 aliphatic heterocycles. The number of hydrogen-bond donors (Lipinski definition) is 3. The second-order valence-electron chi connectivity index (χ2n) is 7.81. The molecule has 5 nitrogen and oxygen atoms in total. The van der Waals surface area contributed by atoms with Gasteiger partial charge in [0.2, 0.25) is 0 Å². The fraction of sp³-hybridized carbons (Fsp3) is 0.684. The quantitative estimate of drug-likeness (QED) is 0.726. The molecule has 3 aliphatic rings. The van der Waals surface area contributed by atoms with Crippen LogP contribution in [-0.4, -0.2) is 64.6 Å². The third kappa shape index (κ3) is 3.13. The molecule has 2 saturated heterocycles. The number of likely N-dealkylation sites (tertiary alicyclic amines) is 2. The van der Waals surface area contributed by atoms with Crippen molar-refractivity contribution in [2.24, 2.45) is 0 Å². The van der Waals surface area contributed by atoms with Gasteiger partial charge in [-0.1, -0.05) is 23.2 Å². The molecule has 3 heterocycles. The lowest BCUT2D eigenvalue weighted by molar-refractivity contribution is -0.0713.